The van der Waals surface area contributed by atoms with Crippen molar-refractivity contribution in [1.29, 1.82) is 0 Å². The van der Waals surface area contributed by atoms with Gasteiger partial charge in [-0.3, -0.25) is 0 Å². The van der Waals surface area contributed by atoms with E-state index in [0.29, 0.717) is 11.8 Å². The van der Waals surface area contributed by atoms with Gasteiger partial charge in [-0.15, -0.1) is 11.3 Å². The lowest BCUT2D eigenvalue weighted by Gasteiger charge is -2.36. The van der Waals surface area contributed by atoms with Gasteiger partial charge < -0.3 is 15.0 Å². The number of carbonyl (C=O) groups is 1. The van der Waals surface area contributed by atoms with Crippen molar-refractivity contribution < 1.29 is 9.90 Å². The molecular formula is C24H27N5O2S. The van der Waals surface area contributed by atoms with Crippen LogP contribution in [0.5, 0.6) is 0 Å². The first-order valence-electron chi connectivity index (χ1n) is 11.4. The molecule has 1 amide bonds. The third-order valence-corrected chi connectivity index (χ3v) is 8.64. The average molecular weight is 450 g/mol. The number of pyridine rings is 1. The van der Waals surface area contributed by atoms with E-state index in [1.54, 1.807) is 11.2 Å². The van der Waals surface area contributed by atoms with Gasteiger partial charge in [0.15, 0.2) is 5.65 Å². The van der Waals surface area contributed by atoms with Crippen LogP contribution in [0.3, 0.4) is 0 Å². The first kappa shape index (κ1) is 19.8. The quantitative estimate of drug-likeness (QED) is 0.416. The molecule has 32 heavy (non-hydrogen) atoms. The summed E-state index contributed by atoms with van der Waals surface area (Å²) in [5, 5.41) is 13.9. The Bertz CT molecular complexity index is 1340. The number of hydrogen-bond donors (Lipinski definition) is 2. The fraction of sp³-hybridized carbons (Fsp3) is 0.458. The molecule has 0 saturated carbocycles. The predicted octanol–water partition coefficient (Wildman–Crippen LogP) is 5.76. The summed E-state index contributed by atoms with van der Waals surface area (Å²) in [7, 11) is 0. The number of nitrogens with one attached hydrogen (secondary N) is 1. The summed E-state index contributed by atoms with van der Waals surface area (Å²) >= 11 is 1.89. The van der Waals surface area contributed by atoms with Crippen molar-refractivity contribution in [3.05, 3.63) is 40.7 Å². The molecule has 2 aliphatic heterocycles. The zero-order valence-electron chi connectivity index (χ0n) is 18.5. The molecule has 0 aromatic carbocycles. The maximum atomic E-state index is 11.7. The predicted molar refractivity (Wildman–Crippen MR) is 126 cm³/mol. The molecule has 0 aliphatic carbocycles. The van der Waals surface area contributed by atoms with E-state index in [1.165, 1.54) is 20.7 Å². The maximum Gasteiger partial charge on any atom is 0.407 e. The first-order valence-corrected chi connectivity index (χ1v) is 12.2. The minimum absolute atomic E-state index is 0.175. The van der Waals surface area contributed by atoms with Crippen molar-refractivity contribution >= 4 is 33.3 Å². The molecule has 4 aromatic rings. The highest BCUT2D eigenvalue weighted by Crippen LogP contribution is 2.48. The smallest absolute Gasteiger partial charge is 0.407 e. The van der Waals surface area contributed by atoms with Gasteiger partial charge >= 0.3 is 6.09 Å². The lowest BCUT2D eigenvalue weighted by Crippen LogP contribution is -2.45. The van der Waals surface area contributed by atoms with E-state index in [-0.39, 0.29) is 12.1 Å². The molecule has 0 radical (unpaired) electrons. The maximum absolute atomic E-state index is 11.7. The van der Waals surface area contributed by atoms with Crippen LogP contribution in [-0.4, -0.2) is 47.8 Å². The van der Waals surface area contributed by atoms with Crippen molar-refractivity contribution in [2.75, 3.05) is 0 Å². The van der Waals surface area contributed by atoms with Crippen LogP contribution in [-0.2, 0) is 0 Å². The molecule has 6 rings (SSSR count). The van der Waals surface area contributed by atoms with Crippen LogP contribution in [0.2, 0.25) is 0 Å². The second-order valence-corrected chi connectivity index (χ2v) is 10.7. The molecule has 166 valence electrons. The summed E-state index contributed by atoms with van der Waals surface area (Å²) < 4.78 is 3.18. The molecular weight excluding hydrogens is 422 g/mol. The number of H-pyrrole nitrogens is 1. The molecule has 4 aromatic heterocycles. The largest absolute Gasteiger partial charge is 0.465 e. The Morgan fingerprint density at radius 1 is 1.25 bits per heavy atom. The van der Waals surface area contributed by atoms with Crippen LogP contribution < -0.4 is 0 Å². The number of rotatable bonds is 3. The summed E-state index contributed by atoms with van der Waals surface area (Å²) in [5.74, 6) is 0.827. The molecule has 7 nitrogen and oxygen atoms in total. The molecule has 2 aliphatic rings. The van der Waals surface area contributed by atoms with Crippen LogP contribution in [0, 0.1) is 6.92 Å². The number of amides is 1. The first-order chi connectivity index (χ1) is 15.4. The number of hydrogen-bond acceptors (Lipinski definition) is 4. The Kier molecular flexibility index (Phi) is 4.37. The highest BCUT2D eigenvalue weighted by molar-refractivity contribution is 7.19. The number of thiophene rings is 1. The molecule has 2 fully saturated rings. The van der Waals surface area contributed by atoms with Gasteiger partial charge in [0, 0.05) is 28.7 Å². The minimum Gasteiger partial charge on any atom is -0.465 e. The topological polar surface area (TPSA) is 86.5 Å². The van der Waals surface area contributed by atoms with Crippen LogP contribution in [0.25, 0.3) is 27.1 Å². The van der Waals surface area contributed by atoms with Crippen LogP contribution in [0.15, 0.2) is 24.7 Å². The number of carboxylic acid groups (broad SMARTS) is 1. The van der Waals surface area contributed by atoms with Gasteiger partial charge in [-0.2, -0.15) is 5.10 Å². The van der Waals surface area contributed by atoms with Crippen LogP contribution in [0.4, 0.5) is 4.79 Å². The fourth-order valence-electron chi connectivity index (χ4n) is 5.95. The lowest BCUT2D eigenvalue weighted by atomic mass is 9.90. The van der Waals surface area contributed by atoms with Crippen molar-refractivity contribution in [3.8, 4) is 11.3 Å². The number of aromatic nitrogens is 4. The summed E-state index contributed by atoms with van der Waals surface area (Å²) in [4.78, 5) is 22.8. The molecule has 0 spiro atoms. The van der Waals surface area contributed by atoms with Gasteiger partial charge in [0.1, 0.15) is 6.33 Å². The van der Waals surface area contributed by atoms with E-state index in [4.69, 9.17) is 0 Å². The van der Waals surface area contributed by atoms with Gasteiger partial charge in [0.25, 0.3) is 0 Å². The highest BCUT2D eigenvalue weighted by atomic mass is 32.1. The van der Waals surface area contributed by atoms with E-state index in [9.17, 15) is 9.90 Å². The summed E-state index contributed by atoms with van der Waals surface area (Å²) in [6.07, 6.45) is 6.79. The number of aromatic amines is 1. The second kappa shape index (κ2) is 7.07. The normalized spacial score (nSPS) is 23.1. The van der Waals surface area contributed by atoms with Crippen LogP contribution in [0.1, 0.15) is 67.4 Å². The third kappa shape index (κ3) is 2.88. The van der Waals surface area contributed by atoms with E-state index in [1.807, 2.05) is 15.9 Å². The summed E-state index contributed by atoms with van der Waals surface area (Å²) in [6, 6.07) is 4.85. The molecule has 1 unspecified atom stereocenters. The fourth-order valence-corrected chi connectivity index (χ4v) is 7.39. The Balaban J connectivity index is 1.40. The van der Waals surface area contributed by atoms with E-state index in [0.717, 1.165) is 48.2 Å². The highest BCUT2D eigenvalue weighted by Gasteiger charge is 2.44. The van der Waals surface area contributed by atoms with Crippen molar-refractivity contribution in [2.24, 2.45) is 0 Å². The SMILES string of the molecule is Cc1cc(-c2[nH]c3cc(C4C[C@H]5CC[C@@H](C4)N5C(=O)O)sc3c2C(C)C)cn2ncnc12. The van der Waals surface area contributed by atoms with Gasteiger partial charge in [-0.05, 0) is 67.7 Å². The van der Waals surface area contributed by atoms with Crippen molar-refractivity contribution in [1.82, 2.24) is 24.5 Å². The summed E-state index contributed by atoms with van der Waals surface area (Å²) in [5.41, 5.74) is 6.82. The zero-order valence-corrected chi connectivity index (χ0v) is 19.3. The number of piperidine rings is 1. The molecule has 2 bridgehead atoms. The Labute approximate surface area is 190 Å². The Morgan fingerprint density at radius 2 is 2.00 bits per heavy atom. The van der Waals surface area contributed by atoms with Crippen molar-refractivity contribution in [2.45, 2.75) is 70.4 Å². The number of nitrogens with zero attached hydrogens (tertiary/aromatic N) is 4. The van der Waals surface area contributed by atoms with Gasteiger partial charge in [0.2, 0.25) is 0 Å². The molecule has 2 N–H and O–H groups in total. The van der Waals surface area contributed by atoms with E-state index >= 15 is 0 Å². The third-order valence-electron chi connectivity index (χ3n) is 7.31. The van der Waals surface area contributed by atoms with Gasteiger partial charge in [0.05, 0.1) is 15.9 Å². The van der Waals surface area contributed by atoms with E-state index in [2.05, 4.69) is 54.2 Å². The number of fused-ring (bicyclic) bond motifs is 4. The molecule has 6 heterocycles. The molecule has 8 heteroatoms. The Morgan fingerprint density at radius 3 is 2.69 bits per heavy atom. The molecule has 2 saturated heterocycles. The van der Waals surface area contributed by atoms with Gasteiger partial charge in [-0.1, -0.05) is 13.8 Å². The van der Waals surface area contributed by atoms with Gasteiger partial charge in [-0.25, -0.2) is 14.3 Å². The minimum atomic E-state index is -0.749. The average Bonchev–Trinajstić information content (AvgIpc) is 3.48. The monoisotopic (exact) mass is 449 g/mol. The summed E-state index contributed by atoms with van der Waals surface area (Å²) in [6.45, 7) is 6.57. The van der Waals surface area contributed by atoms with E-state index < -0.39 is 6.09 Å². The number of aryl methyl sites for hydroxylation is 1. The standard InChI is InChI=1S/C24H27N5O2S/c1-12(2)20-21(15-6-13(3)23-25-11-26-28(23)10-15)27-18-9-19(32-22(18)20)14-7-16-4-5-17(8-14)29(16)24(30)31/h6,9-12,14,16-17,27H,4-5,7-8H2,1-3H3,(H,30,31)/t14?,16-,17+. The Hall–Kier alpha value is -2.87. The lowest BCUT2D eigenvalue weighted by molar-refractivity contribution is 0.0969. The van der Waals surface area contributed by atoms with Crippen molar-refractivity contribution in [3.63, 3.8) is 0 Å². The van der Waals surface area contributed by atoms with Crippen LogP contribution >= 0.6 is 11.3 Å². The zero-order chi connectivity index (χ0) is 22.1. The molecule has 3 atom stereocenters. The second-order valence-electron chi connectivity index (χ2n) is 9.64.